The highest BCUT2D eigenvalue weighted by molar-refractivity contribution is 6.02. The van der Waals surface area contributed by atoms with Crippen molar-refractivity contribution in [1.29, 1.82) is 0 Å². The molecule has 0 aliphatic heterocycles. The van der Waals surface area contributed by atoms with Gasteiger partial charge in [-0.25, -0.2) is 4.68 Å². The fourth-order valence-corrected chi connectivity index (χ4v) is 2.25. The van der Waals surface area contributed by atoms with Crippen molar-refractivity contribution in [3.05, 3.63) is 54.0 Å². The average molecular weight is 294 g/mol. The van der Waals surface area contributed by atoms with Crippen molar-refractivity contribution >= 4 is 22.8 Å². The lowest BCUT2D eigenvalue weighted by Gasteiger charge is -2.06. The molecule has 1 aromatic carbocycles. The largest absolute Gasteiger partial charge is 0.370 e. The molecule has 0 radical (unpaired) electrons. The number of aromatic nitrogens is 3. The second kappa shape index (κ2) is 5.28. The summed E-state index contributed by atoms with van der Waals surface area (Å²) in [4.78, 5) is 19.7. The van der Waals surface area contributed by atoms with Crippen molar-refractivity contribution in [3.63, 3.8) is 0 Å². The number of carbonyl (C=O) groups excluding carboxylic acids is 1. The van der Waals surface area contributed by atoms with Crippen LogP contribution >= 0.6 is 0 Å². The maximum atomic E-state index is 11.9. The first-order valence-electron chi connectivity index (χ1n) is 6.60. The van der Waals surface area contributed by atoms with Gasteiger partial charge in [0, 0.05) is 11.6 Å². The van der Waals surface area contributed by atoms with E-state index < -0.39 is 5.91 Å². The van der Waals surface area contributed by atoms with E-state index in [0.717, 1.165) is 16.6 Å². The maximum Gasteiger partial charge on any atom is 0.283 e. The molecule has 7 nitrogen and oxygen atoms in total. The molecule has 0 bridgehead atoms. The smallest absolute Gasteiger partial charge is 0.283 e. The van der Waals surface area contributed by atoms with E-state index in [9.17, 15) is 4.79 Å². The summed E-state index contributed by atoms with van der Waals surface area (Å²) in [6, 6.07) is 9.59. The number of nitrogens with zero attached hydrogens (tertiary/aromatic N) is 4. The molecule has 0 atom stereocenters. The van der Waals surface area contributed by atoms with Gasteiger partial charge in [-0.2, -0.15) is 10.1 Å². The average Bonchev–Trinajstić information content (AvgIpc) is 2.88. The normalized spacial score (nSPS) is 10.6. The lowest BCUT2D eigenvalue weighted by Crippen LogP contribution is -2.24. The van der Waals surface area contributed by atoms with Crippen LogP contribution < -0.4 is 11.5 Å². The minimum Gasteiger partial charge on any atom is -0.370 e. The number of guanidine groups is 1. The van der Waals surface area contributed by atoms with E-state index in [1.807, 2.05) is 30.3 Å². The van der Waals surface area contributed by atoms with E-state index in [1.54, 1.807) is 17.8 Å². The van der Waals surface area contributed by atoms with E-state index in [0.29, 0.717) is 11.3 Å². The number of carbonyl (C=O) groups is 1. The summed E-state index contributed by atoms with van der Waals surface area (Å²) in [7, 11) is 0. The minimum absolute atomic E-state index is 0.270. The van der Waals surface area contributed by atoms with Crippen LogP contribution in [-0.4, -0.2) is 26.6 Å². The van der Waals surface area contributed by atoms with E-state index in [4.69, 9.17) is 11.5 Å². The fourth-order valence-electron chi connectivity index (χ4n) is 2.25. The SMILES string of the molecule is Cc1c(C(=O)N=C(N)N)cnn1-c1ccc2ncccc2c1. The molecule has 2 heterocycles. The van der Waals surface area contributed by atoms with Gasteiger partial charge in [-0.1, -0.05) is 6.07 Å². The van der Waals surface area contributed by atoms with Crippen LogP contribution in [-0.2, 0) is 0 Å². The van der Waals surface area contributed by atoms with Crippen LogP contribution in [0.25, 0.3) is 16.6 Å². The van der Waals surface area contributed by atoms with E-state index in [1.165, 1.54) is 6.20 Å². The molecule has 22 heavy (non-hydrogen) atoms. The lowest BCUT2D eigenvalue weighted by atomic mass is 10.2. The number of hydrogen-bond donors (Lipinski definition) is 2. The summed E-state index contributed by atoms with van der Waals surface area (Å²) >= 11 is 0. The molecule has 4 N–H and O–H groups in total. The Morgan fingerprint density at radius 3 is 2.86 bits per heavy atom. The number of pyridine rings is 1. The molecular weight excluding hydrogens is 280 g/mol. The summed E-state index contributed by atoms with van der Waals surface area (Å²) in [5.74, 6) is -0.778. The van der Waals surface area contributed by atoms with Crippen LogP contribution in [0, 0.1) is 6.92 Å². The Hall–Kier alpha value is -3.22. The first-order valence-corrected chi connectivity index (χ1v) is 6.60. The molecule has 0 aliphatic carbocycles. The van der Waals surface area contributed by atoms with Gasteiger partial charge in [0.15, 0.2) is 5.96 Å². The van der Waals surface area contributed by atoms with Gasteiger partial charge in [0.25, 0.3) is 5.91 Å². The number of rotatable bonds is 2. The van der Waals surface area contributed by atoms with Crippen LogP contribution in [0.1, 0.15) is 16.1 Å². The topological polar surface area (TPSA) is 112 Å². The molecule has 3 rings (SSSR count). The van der Waals surface area contributed by atoms with Gasteiger partial charge in [-0.3, -0.25) is 9.78 Å². The third-order valence-corrected chi connectivity index (χ3v) is 3.30. The molecule has 0 fully saturated rings. The standard InChI is InChI=1S/C15H14N6O/c1-9-12(14(22)20-15(16)17)8-19-21(9)11-4-5-13-10(7-11)3-2-6-18-13/h2-8H,1H3,(H4,16,17,20,22). The Labute approximate surface area is 126 Å². The quantitative estimate of drug-likeness (QED) is 0.543. The second-order valence-corrected chi connectivity index (χ2v) is 4.78. The number of amides is 1. The van der Waals surface area contributed by atoms with Gasteiger partial charge < -0.3 is 11.5 Å². The van der Waals surface area contributed by atoms with E-state index in [2.05, 4.69) is 15.1 Å². The maximum absolute atomic E-state index is 11.9. The van der Waals surface area contributed by atoms with Crippen molar-refractivity contribution in [2.45, 2.75) is 6.92 Å². The first kappa shape index (κ1) is 13.7. The summed E-state index contributed by atoms with van der Waals surface area (Å²) in [5.41, 5.74) is 13.2. The fraction of sp³-hybridized carbons (Fsp3) is 0.0667. The summed E-state index contributed by atoms with van der Waals surface area (Å²) in [5, 5.41) is 5.24. The summed E-state index contributed by atoms with van der Waals surface area (Å²) in [6.07, 6.45) is 3.20. The molecule has 0 saturated heterocycles. The predicted molar refractivity (Wildman–Crippen MR) is 83.7 cm³/mol. The van der Waals surface area contributed by atoms with Gasteiger partial charge in [0.2, 0.25) is 0 Å². The highest BCUT2D eigenvalue weighted by atomic mass is 16.1. The molecular formula is C15H14N6O. The van der Waals surface area contributed by atoms with Gasteiger partial charge in [0.1, 0.15) is 0 Å². The third kappa shape index (κ3) is 2.39. The highest BCUT2D eigenvalue weighted by Crippen LogP contribution is 2.19. The first-order chi connectivity index (χ1) is 10.6. The third-order valence-electron chi connectivity index (χ3n) is 3.30. The number of nitrogens with two attached hydrogens (primary N) is 2. The molecule has 3 aromatic rings. The van der Waals surface area contributed by atoms with E-state index >= 15 is 0 Å². The van der Waals surface area contributed by atoms with Gasteiger partial charge in [0.05, 0.1) is 28.7 Å². The molecule has 2 aromatic heterocycles. The van der Waals surface area contributed by atoms with E-state index in [-0.39, 0.29) is 5.96 Å². The van der Waals surface area contributed by atoms with Crippen LogP contribution in [0.3, 0.4) is 0 Å². The highest BCUT2D eigenvalue weighted by Gasteiger charge is 2.15. The molecule has 0 unspecified atom stereocenters. The predicted octanol–water partition coefficient (Wildman–Crippen LogP) is 1.14. The zero-order valence-electron chi connectivity index (χ0n) is 11.9. The number of fused-ring (bicyclic) bond motifs is 1. The Morgan fingerprint density at radius 2 is 2.09 bits per heavy atom. The number of hydrogen-bond acceptors (Lipinski definition) is 3. The Kier molecular flexibility index (Phi) is 3.30. The van der Waals surface area contributed by atoms with Crippen LogP contribution in [0.4, 0.5) is 0 Å². The van der Waals surface area contributed by atoms with Crippen molar-refractivity contribution < 1.29 is 4.79 Å². The monoisotopic (exact) mass is 294 g/mol. The van der Waals surface area contributed by atoms with Crippen LogP contribution in [0.5, 0.6) is 0 Å². The Balaban J connectivity index is 2.06. The van der Waals surface area contributed by atoms with Gasteiger partial charge in [-0.15, -0.1) is 0 Å². The lowest BCUT2D eigenvalue weighted by molar-refractivity contribution is 0.100. The Bertz CT molecular complexity index is 892. The molecule has 0 saturated carbocycles. The second-order valence-electron chi connectivity index (χ2n) is 4.78. The Morgan fingerprint density at radius 1 is 1.27 bits per heavy atom. The molecule has 1 amide bonds. The van der Waals surface area contributed by atoms with Gasteiger partial charge in [-0.05, 0) is 31.2 Å². The van der Waals surface area contributed by atoms with Crippen LogP contribution in [0.15, 0.2) is 47.7 Å². The van der Waals surface area contributed by atoms with Gasteiger partial charge >= 0.3 is 0 Å². The van der Waals surface area contributed by atoms with Crippen LogP contribution in [0.2, 0.25) is 0 Å². The molecule has 0 spiro atoms. The molecule has 0 aliphatic rings. The summed E-state index contributed by atoms with van der Waals surface area (Å²) < 4.78 is 1.67. The van der Waals surface area contributed by atoms with Crippen molar-refractivity contribution in [2.24, 2.45) is 16.5 Å². The van der Waals surface area contributed by atoms with Crippen molar-refractivity contribution in [2.75, 3.05) is 0 Å². The number of aliphatic imine (C=N–C) groups is 1. The van der Waals surface area contributed by atoms with Crippen molar-refractivity contribution in [3.8, 4) is 5.69 Å². The molecule has 7 heteroatoms. The minimum atomic E-state index is -0.508. The zero-order chi connectivity index (χ0) is 15.7. The molecule has 110 valence electrons. The summed E-state index contributed by atoms with van der Waals surface area (Å²) in [6.45, 7) is 1.79. The van der Waals surface area contributed by atoms with Crippen molar-refractivity contribution in [1.82, 2.24) is 14.8 Å². The number of benzene rings is 1. The zero-order valence-corrected chi connectivity index (χ0v) is 11.9.